The van der Waals surface area contributed by atoms with Gasteiger partial charge in [-0.05, 0) is 30.7 Å². The molecular formula is C19H24N6O6S2. The van der Waals surface area contributed by atoms with E-state index in [0.29, 0.717) is 19.5 Å². The fraction of sp³-hybridized carbons (Fsp3) is 0.263. The molecule has 0 aliphatic rings. The van der Waals surface area contributed by atoms with E-state index in [1.54, 1.807) is 6.07 Å². The first-order valence-electron chi connectivity index (χ1n) is 9.62. The van der Waals surface area contributed by atoms with Gasteiger partial charge in [-0.25, -0.2) is 8.42 Å². The van der Waals surface area contributed by atoms with Crippen molar-refractivity contribution in [2.45, 2.75) is 17.4 Å². The number of hydrogen-bond donors (Lipinski definition) is 6. The monoisotopic (exact) mass is 496 g/mol. The minimum atomic E-state index is -4.10. The summed E-state index contributed by atoms with van der Waals surface area (Å²) in [5.74, 6) is -2.52. The Morgan fingerprint density at radius 3 is 2.18 bits per heavy atom. The molecule has 8 N–H and O–H groups in total. The number of amides is 2. The second-order valence-corrected chi connectivity index (χ2v) is 9.41. The fourth-order valence-corrected chi connectivity index (χ4v) is 4.52. The quantitative estimate of drug-likeness (QED) is 0.126. The summed E-state index contributed by atoms with van der Waals surface area (Å²) in [5.41, 5.74) is 10.4. The summed E-state index contributed by atoms with van der Waals surface area (Å²) in [5, 5.41) is 14.4. The summed E-state index contributed by atoms with van der Waals surface area (Å²) in [6.07, 6.45) is 0.526. The molecule has 1 aromatic heterocycles. The number of aliphatic imine (C=N–C) groups is 1. The maximum absolute atomic E-state index is 12.4. The number of sulfonamides is 1. The molecule has 2 rings (SSSR count). The number of benzene rings is 1. The van der Waals surface area contributed by atoms with E-state index in [9.17, 15) is 27.9 Å². The van der Waals surface area contributed by atoms with Gasteiger partial charge in [0.25, 0.3) is 11.8 Å². The number of guanidine groups is 1. The van der Waals surface area contributed by atoms with Crippen LogP contribution in [0, 0.1) is 0 Å². The van der Waals surface area contributed by atoms with Crippen molar-refractivity contribution in [2.24, 2.45) is 16.5 Å². The molecule has 0 radical (unpaired) electrons. The highest BCUT2D eigenvalue weighted by Crippen LogP contribution is 2.16. The van der Waals surface area contributed by atoms with Gasteiger partial charge in [0, 0.05) is 19.6 Å². The molecule has 0 saturated heterocycles. The molecule has 0 unspecified atom stereocenters. The minimum Gasteiger partial charge on any atom is -0.480 e. The predicted molar refractivity (Wildman–Crippen MR) is 122 cm³/mol. The van der Waals surface area contributed by atoms with Crippen molar-refractivity contribution in [1.29, 1.82) is 0 Å². The molecule has 2 amide bonds. The lowest BCUT2D eigenvalue weighted by Gasteiger charge is -2.15. The number of carbonyl (C=O) groups is 3. The summed E-state index contributed by atoms with van der Waals surface area (Å²) in [6, 6.07) is 8.54. The summed E-state index contributed by atoms with van der Waals surface area (Å²) in [6.45, 7) is 0.195. The Morgan fingerprint density at radius 1 is 1.00 bits per heavy atom. The maximum atomic E-state index is 12.4. The van der Waals surface area contributed by atoms with Crippen LogP contribution in [0.3, 0.4) is 0 Å². The topological polar surface area (TPSA) is 206 Å². The van der Waals surface area contributed by atoms with Crippen LogP contribution in [0.1, 0.15) is 25.8 Å². The standard InChI is InChI=1S/C19H24N6O6S2/c20-19(21)23-10-4-9-22-16(26)14-7-8-15(32-14)17(27)24-11-13(18(28)29)25-33(30,31)12-5-2-1-3-6-12/h1-3,5-8,13,25H,4,9-11H2,(H,22,26)(H,24,27)(H,28,29)(H4,20,21,23)/t13-/m1/s1. The summed E-state index contributed by atoms with van der Waals surface area (Å²) in [7, 11) is -4.10. The van der Waals surface area contributed by atoms with Crippen LogP contribution >= 0.6 is 11.3 Å². The van der Waals surface area contributed by atoms with Crippen molar-refractivity contribution in [3.8, 4) is 0 Å². The molecule has 2 aromatic rings. The molecule has 33 heavy (non-hydrogen) atoms. The van der Waals surface area contributed by atoms with Crippen LogP contribution in [0.15, 0.2) is 52.4 Å². The number of nitrogens with one attached hydrogen (secondary N) is 3. The first kappa shape index (κ1) is 25.8. The fourth-order valence-electron chi connectivity index (χ4n) is 2.47. The van der Waals surface area contributed by atoms with Gasteiger partial charge >= 0.3 is 5.97 Å². The highest BCUT2D eigenvalue weighted by molar-refractivity contribution is 7.89. The van der Waals surface area contributed by atoms with Crippen molar-refractivity contribution < 1.29 is 27.9 Å². The average molecular weight is 497 g/mol. The zero-order valence-electron chi connectivity index (χ0n) is 17.4. The van der Waals surface area contributed by atoms with Gasteiger partial charge in [-0.3, -0.25) is 19.4 Å². The van der Waals surface area contributed by atoms with Gasteiger partial charge < -0.3 is 27.2 Å². The van der Waals surface area contributed by atoms with Gasteiger partial charge in [0.2, 0.25) is 10.0 Å². The molecule has 0 spiro atoms. The third-order valence-corrected chi connectivity index (χ3v) is 6.65. The van der Waals surface area contributed by atoms with E-state index in [1.165, 1.54) is 36.4 Å². The molecular weight excluding hydrogens is 472 g/mol. The van der Waals surface area contributed by atoms with E-state index in [0.717, 1.165) is 11.3 Å². The molecule has 1 heterocycles. The third-order valence-electron chi connectivity index (χ3n) is 4.08. The Labute approximate surface area is 194 Å². The van der Waals surface area contributed by atoms with E-state index in [2.05, 4.69) is 20.3 Å². The molecule has 14 heteroatoms. The number of carboxylic acid groups (broad SMARTS) is 1. The van der Waals surface area contributed by atoms with Gasteiger partial charge in [0.05, 0.1) is 14.6 Å². The Bertz CT molecular complexity index is 1110. The molecule has 1 aromatic carbocycles. The van der Waals surface area contributed by atoms with Gasteiger partial charge in [-0.2, -0.15) is 4.72 Å². The lowest BCUT2D eigenvalue weighted by atomic mass is 10.3. The number of thiophene rings is 1. The number of nitrogens with zero attached hydrogens (tertiary/aromatic N) is 1. The van der Waals surface area contributed by atoms with Crippen LogP contribution in [-0.2, 0) is 14.8 Å². The summed E-state index contributed by atoms with van der Waals surface area (Å²) < 4.78 is 26.8. The predicted octanol–water partition coefficient (Wildman–Crippen LogP) is -0.697. The van der Waals surface area contributed by atoms with Crippen LogP contribution in [0.4, 0.5) is 0 Å². The van der Waals surface area contributed by atoms with E-state index < -0.39 is 34.5 Å². The van der Waals surface area contributed by atoms with Gasteiger partial charge in [0.15, 0.2) is 5.96 Å². The van der Waals surface area contributed by atoms with Crippen molar-refractivity contribution >= 4 is 45.1 Å². The van der Waals surface area contributed by atoms with Crippen molar-refractivity contribution in [3.05, 3.63) is 52.2 Å². The number of rotatable bonds is 12. The van der Waals surface area contributed by atoms with Gasteiger partial charge in [-0.15, -0.1) is 11.3 Å². The first-order chi connectivity index (χ1) is 15.6. The largest absolute Gasteiger partial charge is 0.480 e. The van der Waals surface area contributed by atoms with Crippen LogP contribution < -0.4 is 26.8 Å². The number of aliphatic carboxylic acids is 1. The van der Waals surface area contributed by atoms with Crippen molar-refractivity contribution in [1.82, 2.24) is 15.4 Å². The number of nitrogens with two attached hydrogens (primary N) is 2. The van der Waals surface area contributed by atoms with E-state index in [1.807, 2.05) is 0 Å². The number of carbonyl (C=O) groups excluding carboxylic acids is 2. The maximum Gasteiger partial charge on any atom is 0.323 e. The van der Waals surface area contributed by atoms with Crippen LogP contribution in [0.5, 0.6) is 0 Å². The Morgan fingerprint density at radius 2 is 1.61 bits per heavy atom. The molecule has 0 fully saturated rings. The highest BCUT2D eigenvalue weighted by atomic mass is 32.2. The molecule has 0 saturated carbocycles. The number of carboxylic acids is 1. The minimum absolute atomic E-state index is 0.0340. The summed E-state index contributed by atoms with van der Waals surface area (Å²) >= 11 is 0.910. The Kier molecular flexibility index (Phi) is 9.32. The van der Waals surface area contributed by atoms with Crippen LogP contribution in [0.2, 0.25) is 0 Å². The van der Waals surface area contributed by atoms with E-state index in [4.69, 9.17) is 11.5 Å². The number of hydrogen-bond acceptors (Lipinski definition) is 7. The van der Waals surface area contributed by atoms with E-state index >= 15 is 0 Å². The lowest BCUT2D eigenvalue weighted by Crippen LogP contribution is -2.48. The second kappa shape index (κ2) is 11.9. The first-order valence-corrected chi connectivity index (χ1v) is 11.9. The summed E-state index contributed by atoms with van der Waals surface area (Å²) in [4.78, 5) is 40.1. The van der Waals surface area contributed by atoms with Crippen molar-refractivity contribution in [3.63, 3.8) is 0 Å². The lowest BCUT2D eigenvalue weighted by molar-refractivity contribution is -0.138. The third kappa shape index (κ3) is 8.17. The van der Waals surface area contributed by atoms with Gasteiger partial charge in [0.1, 0.15) is 6.04 Å². The SMILES string of the molecule is NC(N)=NCCCNC(=O)c1ccc(C(=O)NC[C@@H](NS(=O)(=O)c2ccccc2)C(=O)O)s1. The van der Waals surface area contributed by atoms with Gasteiger partial charge in [-0.1, -0.05) is 18.2 Å². The Hall–Kier alpha value is -3.49. The molecule has 0 aliphatic carbocycles. The molecule has 0 bridgehead atoms. The highest BCUT2D eigenvalue weighted by Gasteiger charge is 2.26. The van der Waals surface area contributed by atoms with Crippen LogP contribution in [0.25, 0.3) is 0 Å². The Balaban J connectivity index is 1.91. The zero-order chi connectivity index (χ0) is 24.4. The van der Waals surface area contributed by atoms with Crippen LogP contribution in [-0.4, -0.2) is 62.9 Å². The molecule has 1 atom stereocenters. The normalized spacial score (nSPS) is 11.9. The zero-order valence-corrected chi connectivity index (χ0v) is 19.0. The average Bonchev–Trinajstić information content (AvgIpc) is 3.27. The van der Waals surface area contributed by atoms with Crippen molar-refractivity contribution in [2.75, 3.05) is 19.6 Å². The molecule has 178 valence electrons. The molecule has 12 nitrogen and oxygen atoms in total. The molecule has 0 aliphatic heterocycles. The smallest absolute Gasteiger partial charge is 0.323 e. The second-order valence-electron chi connectivity index (χ2n) is 6.62. The van der Waals surface area contributed by atoms with E-state index in [-0.39, 0.29) is 26.5 Å².